The van der Waals surface area contributed by atoms with E-state index < -0.39 is 0 Å². The topological polar surface area (TPSA) is 70.1 Å². The monoisotopic (exact) mass is 278 g/mol. The second kappa shape index (κ2) is 6.88. The van der Waals surface area contributed by atoms with E-state index in [0.29, 0.717) is 5.92 Å². The highest BCUT2D eigenvalue weighted by Crippen LogP contribution is 2.27. The van der Waals surface area contributed by atoms with E-state index in [4.69, 9.17) is 0 Å². The Morgan fingerprint density at radius 2 is 2.00 bits per heavy atom. The van der Waals surface area contributed by atoms with E-state index in [1.807, 2.05) is 14.0 Å². The van der Waals surface area contributed by atoms with Gasteiger partial charge in [-0.05, 0) is 26.2 Å². The summed E-state index contributed by atoms with van der Waals surface area (Å²) in [6, 6.07) is 0. The van der Waals surface area contributed by atoms with Crippen LogP contribution in [0.2, 0.25) is 0 Å². The lowest BCUT2D eigenvalue weighted by molar-refractivity contribution is 0.138. The van der Waals surface area contributed by atoms with Crippen molar-refractivity contribution in [3.05, 3.63) is 11.4 Å². The molecule has 1 aliphatic rings. The quantitative estimate of drug-likeness (QED) is 0.745. The number of anilines is 2. The summed E-state index contributed by atoms with van der Waals surface area (Å²) in [6.45, 7) is 4.94. The first-order chi connectivity index (χ1) is 9.65. The first-order valence-electron chi connectivity index (χ1n) is 7.62. The molecular formula is C15H26N4O. The fraction of sp³-hybridized carbons (Fsp3) is 0.733. The maximum atomic E-state index is 9.89. The lowest BCUT2D eigenvalue weighted by atomic mass is 10.1. The Hall–Kier alpha value is -1.36. The minimum Gasteiger partial charge on any atom is -0.393 e. The zero-order valence-corrected chi connectivity index (χ0v) is 12.7. The molecular weight excluding hydrogens is 252 g/mol. The van der Waals surface area contributed by atoms with Gasteiger partial charge in [0.2, 0.25) is 0 Å². The number of hydrogen-bond acceptors (Lipinski definition) is 5. The molecule has 5 heteroatoms. The summed E-state index contributed by atoms with van der Waals surface area (Å²) < 4.78 is 0. The Balaban J connectivity index is 2.10. The maximum Gasteiger partial charge on any atom is 0.134 e. The molecule has 112 valence electrons. The molecule has 0 spiro atoms. The summed E-state index contributed by atoms with van der Waals surface area (Å²) in [6.07, 6.45) is 4.90. The van der Waals surface area contributed by atoms with Gasteiger partial charge in [-0.2, -0.15) is 0 Å². The van der Waals surface area contributed by atoms with Crippen molar-refractivity contribution < 1.29 is 5.11 Å². The van der Waals surface area contributed by atoms with E-state index in [1.165, 1.54) is 0 Å². The van der Waals surface area contributed by atoms with Gasteiger partial charge >= 0.3 is 0 Å². The molecule has 1 aromatic rings. The molecule has 5 nitrogen and oxygen atoms in total. The van der Waals surface area contributed by atoms with Crippen molar-refractivity contribution in [2.24, 2.45) is 5.92 Å². The van der Waals surface area contributed by atoms with Crippen LogP contribution < -0.4 is 10.6 Å². The average molecular weight is 278 g/mol. The van der Waals surface area contributed by atoms with Gasteiger partial charge in [-0.25, -0.2) is 9.97 Å². The lowest BCUT2D eigenvalue weighted by Gasteiger charge is -2.18. The van der Waals surface area contributed by atoms with Crippen molar-refractivity contribution in [3.63, 3.8) is 0 Å². The molecule has 0 radical (unpaired) electrons. The van der Waals surface area contributed by atoms with Crippen LogP contribution in [-0.4, -0.2) is 34.8 Å². The Kier molecular flexibility index (Phi) is 5.17. The van der Waals surface area contributed by atoms with Crippen molar-refractivity contribution in [1.82, 2.24) is 9.97 Å². The molecule has 1 aromatic heterocycles. The van der Waals surface area contributed by atoms with E-state index in [2.05, 4.69) is 27.5 Å². The highest BCUT2D eigenvalue weighted by atomic mass is 16.3. The fourth-order valence-electron chi connectivity index (χ4n) is 2.80. The van der Waals surface area contributed by atoms with Crippen LogP contribution >= 0.6 is 0 Å². The number of aliphatic hydroxyl groups excluding tert-OH is 1. The number of nitrogens with zero attached hydrogens (tertiary/aromatic N) is 2. The number of hydrogen-bond donors (Lipinski definition) is 3. The van der Waals surface area contributed by atoms with Gasteiger partial charge < -0.3 is 15.7 Å². The van der Waals surface area contributed by atoms with Crippen molar-refractivity contribution in [1.29, 1.82) is 0 Å². The van der Waals surface area contributed by atoms with Crippen molar-refractivity contribution in [3.8, 4) is 0 Å². The van der Waals surface area contributed by atoms with Crippen molar-refractivity contribution in [2.75, 3.05) is 24.2 Å². The van der Waals surface area contributed by atoms with Crippen molar-refractivity contribution in [2.45, 2.75) is 52.1 Å². The summed E-state index contributed by atoms with van der Waals surface area (Å²) in [7, 11) is 1.88. The molecule has 1 aliphatic carbocycles. The van der Waals surface area contributed by atoms with Crippen LogP contribution in [0.25, 0.3) is 0 Å². The zero-order chi connectivity index (χ0) is 14.5. The van der Waals surface area contributed by atoms with Gasteiger partial charge in [0, 0.05) is 31.5 Å². The number of aromatic nitrogens is 2. The predicted molar refractivity (Wildman–Crippen MR) is 82.1 cm³/mol. The molecule has 0 aromatic carbocycles. The van der Waals surface area contributed by atoms with Gasteiger partial charge in [-0.15, -0.1) is 0 Å². The summed E-state index contributed by atoms with van der Waals surface area (Å²) >= 11 is 0. The third-order valence-corrected chi connectivity index (χ3v) is 4.05. The third-order valence-electron chi connectivity index (χ3n) is 4.05. The number of nitrogens with one attached hydrogen (secondary N) is 2. The molecule has 0 aliphatic heterocycles. The SMILES string of the molecule is CCCc1nc(NC)c(C)c(NCC2CCCC2O)n1. The van der Waals surface area contributed by atoms with Crippen LogP contribution in [0.1, 0.15) is 44.0 Å². The lowest BCUT2D eigenvalue weighted by Crippen LogP contribution is -2.23. The fourth-order valence-corrected chi connectivity index (χ4v) is 2.80. The van der Waals surface area contributed by atoms with Gasteiger partial charge in [0.1, 0.15) is 17.5 Å². The summed E-state index contributed by atoms with van der Waals surface area (Å²) in [5.41, 5.74) is 1.04. The molecule has 20 heavy (non-hydrogen) atoms. The minimum absolute atomic E-state index is 0.163. The van der Waals surface area contributed by atoms with Gasteiger partial charge in [-0.1, -0.05) is 13.3 Å². The number of rotatable bonds is 6. The summed E-state index contributed by atoms with van der Waals surface area (Å²) in [5.74, 6) is 3.00. The molecule has 0 bridgehead atoms. The minimum atomic E-state index is -0.163. The van der Waals surface area contributed by atoms with Crippen LogP contribution in [0, 0.1) is 12.8 Å². The molecule has 2 atom stereocenters. The van der Waals surface area contributed by atoms with Gasteiger partial charge in [0.15, 0.2) is 0 Å². The van der Waals surface area contributed by atoms with Gasteiger partial charge in [-0.3, -0.25) is 0 Å². The largest absolute Gasteiger partial charge is 0.393 e. The molecule has 1 fully saturated rings. The van der Waals surface area contributed by atoms with Gasteiger partial charge in [0.05, 0.1) is 6.10 Å². The predicted octanol–water partition coefficient (Wildman–Crippen LogP) is 2.35. The van der Waals surface area contributed by atoms with Crippen molar-refractivity contribution >= 4 is 11.6 Å². The highest BCUT2D eigenvalue weighted by Gasteiger charge is 2.25. The van der Waals surface area contributed by atoms with Crippen LogP contribution in [0.15, 0.2) is 0 Å². The Morgan fingerprint density at radius 1 is 1.25 bits per heavy atom. The standard InChI is InChI=1S/C15H26N4O/c1-4-6-13-18-14(16-3)10(2)15(19-13)17-9-11-7-5-8-12(11)20/h11-12,20H,4-9H2,1-3H3,(H2,16,17,18,19). The molecule has 1 saturated carbocycles. The van der Waals surface area contributed by atoms with E-state index >= 15 is 0 Å². The number of aliphatic hydroxyl groups is 1. The van der Waals surface area contributed by atoms with E-state index in [-0.39, 0.29) is 6.10 Å². The Bertz CT molecular complexity index is 450. The molecule has 1 heterocycles. The van der Waals surface area contributed by atoms with Gasteiger partial charge in [0.25, 0.3) is 0 Å². The Morgan fingerprint density at radius 3 is 2.60 bits per heavy atom. The van der Waals surface area contributed by atoms with E-state index in [1.54, 1.807) is 0 Å². The van der Waals surface area contributed by atoms with Crippen LogP contribution in [0.4, 0.5) is 11.6 Å². The molecule has 3 N–H and O–H groups in total. The highest BCUT2D eigenvalue weighted by molar-refractivity contribution is 5.57. The van der Waals surface area contributed by atoms with E-state index in [9.17, 15) is 5.11 Å². The third kappa shape index (κ3) is 3.39. The first-order valence-corrected chi connectivity index (χ1v) is 7.62. The maximum absolute atomic E-state index is 9.89. The first kappa shape index (κ1) is 15.0. The average Bonchev–Trinajstić information content (AvgIpc) is 2.84. The van der Waals surface area contributed by atoms with Crippen LogP contribution in [-0.2, 0) is 6.42 Å². The molecule has 2 rings (SSSR count). The summed E-state index contributed by atoms with van der Waals surface area (Å²) in [5, 5.41) is 16.4. The second-order valence-electron chi connectivity index (χ2n) is 5.60. The molecule has 2 unspecified atom stereocenters. The summed E-state index contributed by atoms with van der Waals surface area (Å²) in [4.78, 5) is 9.14. The van der Waals surface area contributed by atoms with Crippen LogP contribution in [0.3, 0.4) is 0 Å². The smallest absolute Gasteiger partial charge is 0.134 e. The number of aryl methyl sites for hydroxylation is 1. The second-order valence-corrected chi connectivity index (χ2v) is 5.60. The molecule has 0 amide bonds. The van der Waals surface area contributed by atoms with E-state index in [0.717, 1.165) is 61.7 Å². The zero-order valence-electron chi connectivity index (χ0n) is 12.7. The molecule has 0 saturated heterocycles. The Labute approximate surface area is 121 Å². The van der Waals surface area contributed by atoms with Crippen LogP contribution in [0.5, 0.6) is 0 Å². The normalized spacial score (nSPS) is 22.0.